The van der Waals surface area contributed by atoms with Crippen LogP contribution in [0.15, 0.2) is 0 Å². The van der Waals surface area contributed by atoms with Gasteiger partial charge in [-0.3, -0.25) is 0 Å². The van der Waals surface area contributed by atoms with Gasteiger partial charge in [0.05, 0.1) is 7.11 Å². The lowest BCUT2D eigenvalue weighted by Gasteiger charge is -2.42. The van der Waals surface area contributed by atoms with Crippen LogP contribution in [0.2, 0.25) is 0 Å². The predicted octanol–water partition coefficient (Wildman–Crippen LogP) is 5.74. The summed E-state index contributed by atoms with van der Waals surface area (Å²) < 4.78 is 249. The third-order valence-electron chi connectivity index (χ3n) is 3.37. The van der Waals surface area contributed by atoms with Crippen molar-refractivity contribution >= 4 is 5.97 Å². The maximum Gasteiger partial charge on any atom is 0.460 e. The van der Waals surface area contributed by atoms with Gasteiger partial charge >= 0.3 is 59.9 Å². The van der Waals surface area contributed by atoms with E-state index in [1.54, 1.807) is 4.74 Å². The Hall–Kier alpha value is -1.90. The van der Waals surface area contributed by atoms with Crippen molar-refractivity contribution in [1.29, 1.82) is 0 Å². The third-order valence-corrected chi connectivity index (χ3v) is 3.37. The van der Waals surface area contributed by atoms with Crippen molar-refractivity contribution in [3.8, 4) is 0 Å². The van der Waals surface area contributed by atoms with E-state index in [0.29, 0.717) is 0 Å². The van der Waals surface area contributed by atoms with Crippen LogP contribution in [0.5, 0.6) is 0 Å². The summed E-state index contributed by atoms with van der Waals surface area (Å²) in [5.74, 6) is -55.8. The van der Waals surface area contributed by atoms with E-state index in [1.807, 2.05) is 0 Å². The monoisotopic (exact) mass is 544 g/mol. The SMILES string of the molecule is COC(=O)C(F)(F)OC(F)(F)C(F)(F)C(F)(F)C(F)(F)C(F)(F)C(F)(F)C(F)(F)C(F)(F)F. The summed E-state index contributed by atoms with van der Waals surface area (Å²) in [5, 5.41) is 0. The molecule has 0 bridgehead atoms. The predicted molar refractivity (Wildman–Crippen MR) is 58.7 cm³/mol. The van der Waals surface area contributed by atoms with E-state index in [1.165, 1.54) is 0 Å². The van der Waals surface area contributed by atoms with Crippen LogP contribution >= 0.6 is 0 Å². The third kappa shape index (κ3) is 4.21. The van der Waals surface area contributed by atoms with Crippen LogP contribution in [0.25, 0.3) is 0 Å². The van der Waals surface area contributed by atoms with Crippen LogP contribution in [0.3, 0.4) is 0 Å². The van der Waals surface area contributed by atoms with Crippen molar-refractivity contribution in [2.45, 2.75) is 53.9 Å². The summed E-state index contributed by atoms with van der Waals surface area (Å²) in [6.07, 6.45) is -22.3. The Morgan fingerprint density at radius 3 is 1.03 bits per heavy atom. The number of carbonyl (C=O) groups is 1. The smallest absolute Gasteiger partial charge is 0.460 e. The molecule has 0 aromatic heterocycles. The van der Waals surface area contributed by atoms with Gasteiger partial charge in [-0.25, -0.2) is 9.53 Å². The number of carbonyl (C=O) groups excluding carboxylic acids is 1. The number of hydrogen-bond acceptors (Lipinski definition) is 3. The molecule has 0 amide bonds. The standard InChI is InChI=1S/C11H3F19O3/c1-32-2(31)3(12,13)33-11(29,30)9(24,25)7(20,21)5(16,17)4(14,15)6(18,19)8(22,23)10(26,27)28/h1H3. The first-order valence-corrected chi connectivity index (χ1v) is 6.82. The van der Waals surface area contributed by atoms with E-state index in [0.717, 1.165) is 0 Å². The molecule has 0 aliphatic heterocycles. The van der Waals surface area contributed by atoms with Gasteiger partial charge in [0.1, 0.15) is 0 Å². The van der Waals surface area contributed by atoms with E-state index >= 15 is 0 Å². The molecule has 0 saturated heterocycles. The molecule has 3 nitrogen and oxygen atoms in total. The normalized spacial score (nSPS) is 16.1. The molecule has 0 aromatic carbocycles. The lowest BCUT2D eigenvalue weighted by molar-refractivity contribution is -0.493. The molecule has 0 aliphatic rings. The summed E-state index contributed by atoms with van der Waals surface area (Å²) >= 11 is 0. The molecule has 33 heavy (non-hydrogen) atoms. The van der Waals surface area contributed by atoms with Crippen molar-refractivity contribution in [2.24, 2.45) is 0 Å². The largest absolute Gasteiger partial charge is 0.463 e. The van der Waals surface area contributed by atoms with Gasteiger partial charge in [0.15, 0.2) is 0 Å². The van der Waals surface area contributed by atoms with Crippen molar-refractivity contribution < 1.29 is 97.7 Å². The minimum absolute atomic E-state index is 0.109. The molecule has 22 heteroatoms. The zero-order chi connectivity index (χ0) is 27.5. The van der Waals surface area contributed by atoms with Gasteiger partial charge in [-0.1, -0.05) is 0 Å². The summed E-state index contributed by atoms with van der Waals surface area (Å²) in [5.41, 5.74) is 0. The molecule has 0 aromatic rings. The first kappa shape index (κ1) is 31.1. The Morgan fingerprint density at radius 2 is 0.758 bits per heavy atom. The zero-order valence-corrected chi connectivity index (χ0v) is 14.4. The lowest BCUT2D eigenvalue weighted by Crippen LogP contribution is -2.74. The maximum atomic E-state index is 13.3. The zero-order valence-electron chi connectivity index (χ0n) is 14.4. The molecule has 0 atom stereocenters. The molecule has 0 N–H and O–H groups in total. The van der Waals surface area contributed by atoms with Crippen LogP contribution in [0.4, 0.5) is 83.4 Å². The highest BCUT2D eigenvalue weighted by Gasteiger charge is 2.95. The summed E-state index contributed by atoms with van der Waals surface area (Å²) in [6, 6.07) is 0. The van der Waals surface area contributed by atoms with E-state index in [4.69, 9.17) is 0 Å². The molecule has 198 valence electrons. The van der Waals surface area contributed by atoms with Crippen LogP contribution in [0, 0.1) is 0 Å². The van der Waals surface area contributed by atoms with Crippen molar-refractivity contribution in [3.05, 3.63) is 0 Å². The van der Waals surface area contributed by atoms with Gasteiger partial charge in [-0.2, -0.15) is 83.4 Å². The van der Waals surface area contributed by atoms with Crippen LogP contribution in [0.1, 0.15) is 0 Å². The van der Waals surface area contributed by atoms with E-state index in [9.17, 15) is 88.2 Å². The highest BCUT2D eigenvalue weighted by atomic mass is 19.4. The molecule has 0 saturated carbocycles. The quantitative estimate of drug-likeness (QED) is 0.275. The number of halogens is 19. The molecular formula is C11H3F19O3. The second kappa shape index (κ2) is 7.82. The first-order valence-electron chi connectivity index (χ1n) is 6.82. The van der Waals surface area contributed by atoms with Gasteiger partial charge in [0.2, 0.25) is 0 Å². The average Bonchev–Trinajstić information content (AvgIpc) is 2.57. The number of rotatable bonds is 9. The molecule has 0 fully saturated rings. The topological polar surface area (TPSA) is 35.5 Å². The fourth-order valence-electron chi connectivity index (χ4n) is 1.54. The highest BCUT2D eigenvalue weighted by Crippen LogP contribution is 2.64. The Kier molecular flexibility index (Phi) is 7.37. The van der Waals surface area contributed by atoms with E-state index in [2.05, 4.69) is 4.74 Å². The van der Waals surface area contributed by atoms with Crippen molar-refractivity contribution in [3.63, 3.8) is 0 Å². The lowest BCUT2D eigenvalue weighted by atomic mass is 9.90. The minimum atomic E-state index is -8.96. The second-order valence-corrected chi connectivity index (χ2v) is 5.57. The average molecular weight is 544 g/mol. The van der Waals surface area contributed by atoms with Crippen LogP contribution in [-0.2, 0) is 14.3 Å². The molecule has 0 radical (unpaired) electrons. The minimum Gasteiger partial charge on any atom is -0.463 e. The summed E-state index contributed by atoms with van der Waals surface area (Å²) in [6.45, 7) is 0. The van der Waals surface area contributed by atoms with Crippen molar-refractivity contribution in [1.82, 2.24) is 0 Å². The fraction of sp³-hybridized carbons (Fsp3) is 0.909. The molecular weight excluding hydrogens is 541 g/mol. The number of alkyl halides is 19. The van der Waals surface area contributed by atoms with E-state index in [-0.39, 0.29) is 7.11 Å². The van der Waals surface area contributed by atoms with Crippen molar-refractivity contribution in [2.75, 3.05) is 7.11 Å². The van der Waals surface area contributed by atoms with Crippen LogP contribution < -0.4 is 0 Å². The second-order valence-electron chi connectivity index (χ2n) is 5.57. The maximum absolute atomic E-state index is 13.3. The summed E-state index contributed by atoms with van der Waals surface area (Å²) in [7, 11) is -0.109. The van der Waals surface area contributed by atoms with Gasteiger partial charge in [-0.15, -0.1) is 0 Å². The molecule has 0 aliphatic carbocycles. The molecule has 0 spiro atoms. The van der Waals surface area contributed by atoms with E-state index < -0.39 is 59.9 Å². The number of esters is 1. The Bertz CT molecular complexity index is 736. The number of hydrogen-bond donors (Lipinski definition) is 0. The Balaban J connectivity index is 6.74. The van der Waals surface area contributed by atoms with Gasteiger partial charge < -0.3 is 4.74 Å². The Morgan fingerprint density at radius 1 is 0.485 bits per heavy atom. The van der Waals surface area contributed by atoms with Gasteiger partial charge in [0.25, 0.3) is 0 Å². The molecule has 0 heterocycles. The van der Waals surface area contributed by atoms with Gasteiger partial charge in [-0.05, 0) is 0 Å². The molecule has 0 rings (SSSR count). The highest BCUT2D eigenvalue weighted by molar-refractivity contribution is 5.75. The Labute approximate surface area is 166 Å². The fourth-order valence-corrected chi connectivity index (χ4v) is 1.54. The first-order chi connectivity index (χ1) is 13.9. The number of methoxy groups -OCH3 is 1. The molecule has 0 unspecified atom stereocenters. The summed E-state index contributed by atoms with van der Waals surface area (Å²) in [4.78, 5) is 10.4. The number of ether oxygens (including phenoxy) is 2. The van der Waals surface area contributed by atoms with Gasteiger partial charge in [0, 0.05) is 0 Å². The van der Waals surface area contributed by atoms with Crippen LogP contribution in [-0.4, -0.2) is 67.0 Å².